The van der Waals surface area contributed by atoms with Crippen molar-refractivity contribution in [3.05, 3.63) is 24.2 Å². The molecule has 0 bridgehead atoms. The van der Waals surface area contributed by atoms with Gasteiger partial charge in [-0.25, -0.2) is 4.79 Å². The second kappa shape index (κ2) is 5.59. The molecule has 2 N–H and O–H groups in total. The van der Waals surface area contributed by atoms with Crippen LogP contribution in [0.25, 0.3) is 5.65 Å². The topological polar surface area (TPSA) is 71.3 Å². The van der Waals surface area contributed by atoms with Gasteiger partial charge in [-0.1, -0.05) is 19.3 Å². The van der Waals surface area contributed by atoms with Gasteiger partial charge in [-0.05, 0) is 37.8 Å². The molecule has 2 heterocycles. The smallest absolute Gasteiger partial charge is 0.319 e. The number of anilines is 1. The van der Waals surface area contributed by atoms with E-state index in [-0.39, 0.29) is 6.03 Å². The molecule has 0 aliphatic heterocycles. The molecule has 2 aliphatic carbocycles. The summed E-state index contributed by atoms with van der Waals surface area (Å²) in [6, 6.07) is 3.97. The van der Waals surface area contributed by atoms with Gasteiger partial charge in [0.05, 0.1) is 5.69 Å². The molecule has 6 nitrogen and oxygen atoms in total. The van der Waals surface area contributed by atoms with E-state index in [1.807, 2.05) is 22.7 Å². The van der Waals surface area contributed by atoms with Gasteiger partial charge in [0.2, 0.25) is 0 Å². The zero-order valence-corrected chi connectivity index (χ0v) is 12.6. The molecule has 2 saturated carbocycles. The number of hydrogen-bond acceptors (Lipinski definition) is 3. The molecule has 0 atom stereocenters. The standard InChI is InChI=1S/C16H21N5O/c22-16(17-12-4-2-1-3-5-12)18-13-8-9-14-19-20-15(11-6-7-11)21(14)10-13/h8-12H,1-7H2,(H2,17,18,22). The molecule has 4 rings (SSSR count). The van der Waals surface area contributed by atoms with Crippen molar-refractivity contribution in [2.45, 2.75) is 56.9 Å². The second-order valence-corrected chi connectivity index (χ2v) is 6.41. The number of rotatable bonds is 3. The van der Waals surface area contributed by atoms with Crippen LogP contribution in [0.15, 0.2) is 18.3 Å². The largest absolute Gasteiger partial charge is 0.335 e. The van der Waals surface area contributed by atoms with Crippen molar-refractivity contribution in [3.63, 3.8) is 0 Å². The molecule has 0 unspecified atom stereocenters. The fraction of sp³-hybridized carbons (Fsp3) is 0.562. The number of nitrogens with one attached hydrogen (secondary N) is 2. The Hall–Kier alpha value is -2.11. The minimum absolute atomic E-state index is 0.118. The van der Waals surface area contributed by atoms with Crippen molar-refractivity contribution >= 4 is 17.4 Å². The SMILES string of the molecule is O=C(Nc1ccc2nnc(C3CC3)n2c1)NC1CCCCC1. The van der Waals surface area contributed by atoms with Crippen molar-refractivity contribution in [1.82, 2.24) is 19.9 Å². The van der Waals surface area contributed by atoms with Gasteiger partial charge in [-0.2, -0.15) is 0 Å². The summed E-state index contributed by atoms with van der Waals surface area (Å²) in [5.74, 6) is 1.53. The predicted molar refractivity (Wildman–Crippen MR) is 84.0 cm³/mol. The van der Waals surface area contributed by atoms with Crippen molar-refractivity contribution in [1.29, 1.82) is 0 Å². The van der Waals surface area contributed by atoms with E-state index in [1.165, 1.54) is 32.1 Å². The number of fused-ring (bicyclic) bond motifs is 1. The van der Waals surface area contributed by atoms with E-state index in [4.69, 9.17) is 0 Å². The van der Waals surface area contributed by atoms with E-state index in [0.29, 0.717) is 12.0 Å². The zero-order valence-electron chi connectivity index (χ0n) is 12.6. The summed E-state index contributed by atoms with van der Waals surface area (Å²) in [6.07, 6.45) is 10.2. The Morgan fingerprint density at radius 1 is 1.09 bits per heavy atom. The lowest BCUT2D eigenvalue weighted by molar-refractivity contribution is 0.244. The van der Waals surface area contributed by atoms with E-state index < -0.39 is 0 Å². The molecule has 0 spiro atoms. The van der Waals surface area contributed by atoms with Crippen LogP contribution in [0.4, 0.5) is 10.5 Å². The van der Waals surface area contributed by atoms with Gasteiger partial charge in [-0.15, -0.1) is 10.2 Å². The maximum atomic E-state index is 12.1. The molecular formula is C16H21N5O. The molecule has 2 amide bonds. The molecule has 2 aromatic heterocycles. The minimum Gasteiger partial charge on any atom is -0.335 e. The van der Waals surface area contributed by atoms with Crippen molar-refractivity contribution in [2.75, 3.05) is 5.32 Å². The Kier molecular flexibility index (Phi) is 3.44. The molecule has 2 aliphatic rings. The summed E-state index contributed by atoms with van der Waals surface area (Å²) in [4.78, 5) is 12.1. The Labute approximate surface area is 129 Å². The van der Waals surface area contributed by atoms with Crippen LogP contribution in [-0.2, 0) is 0 Å². The normalized spacial score (nSPS) is 19.3. The first-order valence-corrected chi connectivity index (χ1v) is 8.22. The van der Waals surface area contributed by atoms with E-state index in [1.54, 1.807) is 0 Å². The van der Waals surface area contributed by atoms with E-state index in [0.717, 1.165) is 30.0 Å². The predicted octanol–water partition coefficient (Wildman–Crippen LogP) is 3.06. The minimum atomic E-state index is -0.118. The van der Waals surface area contributed by atoms with Gasteiger partial charge < -0.3 is 10.6 Å². The van der Waals surface area contributed by atoms with Crippen LogP contribution in [0.3, 0.4) is 0 Å². The maximum Gasteiger partial charge on any atom is 0.319 e. The number of urea groups is 1. The van der Waals surface area contributed by atoms with Crippen LogP contribution in [0, 0.1) is 0 Å². The maximum absolute atomic E-state index is 12.1. The molecule has 2 fully saturated rings. The summed E-state index contributed by atoms with van der Waals surface area (Å²) >= 11 is 0. The summed E-state index contributed by atoms with van der Waals surface area (Å²) in [6.45, 7) is 0. The third-order valence-electron chi connectivity index (χ3n) is 4.57. The van der Waals surface area contributed by atoms with Gasteiger partial charge in [-0.3, -0.25) is 4.40 Å². The number of carbonyl (C=O) groups excluding carboxylic acids is 1. The van der Waals surface area contributed by atoms with Gasteiger partial charge in [0, 0.05) is 18.2 Å². The highest BCUT2D eigenvalue weighted by molar-refractivity contribution is 5.89. The first-order valence-electron chi connectivity index (χ1n) is 8.22. The lowest BCUT2D eigenvalue weighted by Gasteiger charge is -2.22. The third-order valence-corrected chi connectivity index (χ3v) is 4.57. The van der Waals surface area contributed by atoms with Crippen molar-refractivity contribution in [2.24, 2.45) is 0 Å². The van der Waals surface area contributed by atoms with E-state index in [2.05, 4.69) is 20.8 Å². The van der Waals surface area contributed by atoms with Crippen LogP contribution >= 0.6 is 0 Å². The molecular weight excluding hydrogens is 278 g/mol. The van der Waals surface area contributed by atoms with E-state index in [9.17, 15) is 4.79 Å². The number of amides is 2. The van der Waals surface area contributed by atoms with Gasteiger partial charge >= 0.3 is 6.03 Å². The molecule has 2 aromatic rings. The highest BCUT2D eigenvalue weighted by Crippen LogP contribution is 2.39. The summed E-state index contributed by atoms with van der Waals surface area (Å²) < 4.78 is 1.99. The van der Waals surface area contributed by atoms with Crippen LogP contribution in [0.2, 0.25) is 0 Å². The van der Waals surface area contributed by atoms with Crippen LogP contribution in [0.1, 0.15) is 56.7 Å². The molecule has 0 saturated heterocycles. The summed E-state index contributed by atoms with van der Waals surface area (Å²) in [7, 11) is 0. The quantitative estimate of drug-likeness (QED) is 0.915. The Morgan fingerprint density at radius 3 is 2.68 bits per heavy atom. The van der Waals surface area contributed by atoms with Crippen molar-refractivity contribution < 1.29 is 4.79 Å². The second-order valence-electron chi connectivity index (χ2n) is 6.41. The molecule has 116 valence electrons. The highest BCUT2D eigenvalue weighted by atomic mass is 16.2. The Morgan fingerprint density at radius 2 is 1.91 bits per heavy atom. The number of pyridine rings is 1. The number of nitrogens with zero attached hydrogens (tertiary/aromatic N) is 3. The monoisotopic (exact) mass is 299 g/mol. The number of carbonyl (C=O) groups is 1. The van der Waals surface area contributed by atoms with Gasteiger partial charge in [0.15, 0.2) is 5.65 Å². The van der Waals surface area contributed by atoms with Gasteiger partial charge in [0.25, 0.3) is 0 Å². The van der Waals surface area contributed by atoms with Crippen LogP contribution in [-0.4, -0.2) is 26.7 Å². The average molecular weight is 299 g/mol. The van der Waals surface area contributed by atoms with Crippen molar-refractivity contribution in [3.8, 4) is 0 Å². The van der Waals surface area contributed by atoms with Crippen LogP contribution in [0.5, 0.6) is 0 Å². The Bertz CT molecular complexity index is 685. The molecule has 22 heavy (non-hydrogen) atoms. The number of aromatic nitrogens is 3. The fourth-order valence-corrected chi connectivity index (χ4v) is 3.20. The fourth-order valence-electron chi connectivity index (χ4n) is 3.20. The molecule has 0 radical (unpaired) electrons. The van der Waals surface area contributed by atoms with Gasteiger partial charge in [0.1, 0.15) is 5.82 Å². The Balaban J connectivity index is 1.46. The van der Waals surface area contributed by atoms with Crippen LogP contribution < -0.4 is 10.6 Å². The lowest BCUT2D eigenvalue weighted by Crippen LogP contribution is -2.39. The summed E-state index contributed by atoms with van der Waals surface area (Å²) in [5.41, 5.74) is 1.61. The molecule has 0 aromatic carbocycles. The average Bonchev–Trinajstić information content (AvgIpc) is 3.28. The molecule has 6 heteroatoms. The first-order chi connectivity index (χ1) is 10.8. The first kappa shape index (κ1) is 13.5. The summed E-state index contributed by atoms with van der Waals surface area (Å²) in [5, 5.41) is 14.4. The lowest BCUT2D eigenvalue weighted by atomic mass is 9.96. The zero-order chi connectivity index (χ0) is 14.9. The number of hydrogen-bond donors (Lipinski definition) is 2. The highest BCUT2D eigenvalue weighted by Gasteiger charge is 2.28. The van der Waals surface area contributed by atoms with E-state index >= 15 is 0 Å². The third kappa shape index (κ3) is 2.77.